The van der Waals surface area contributed by atoms with Crippen LogP contribution in [0.1, 0.15) is 5.89 Å². The summed E-state index contributed by atoms with van der Waals surface area (Å²) in [6, 6.07) is 0. The number of carboxylic acids is 1. The highest BCUT2D eigenvalue weighted by Crippen LogP contribution is 2.47. The summed E-state index contributed by atoms with van der Waals surface area (Å²) in [5.41, 5.74) is -7.15. The highest BCUT2D eigenvalue weighted by atomic mass is 32.2. The Hall–Kier alpha value is -1.95. The number of hydrogen-bond donors (Lipinski definition) is 2. The lowest BCUT2D eigenvalue weighted by Gasteiger charge is -2.55. The lowest BCUT2D eigenvalue weighted by molar-refractivity contribution is -0.192. The zero-order chi connectivity index (χ0) is 23.8. The first kappa shape index (κ1) is 24.7. The van der Waals surface area contributed by atoms with Crippen molar-refractivity contribution in [1.82, 2.24) is 20.4 Å². The van der Waals surface area contributed by atoms with Crippen molar-refractivity contribution in [2.24, 2.45) is 0 Å². The number of alkyl halides is 3. The molecule has 0 aliphatic carbocycles. The largest absolute Gasteiger partial charge is 0.609 e. The summed E-state index contributed by atoms with van der Waals surface area (Å²) in [6.07, 6.45) is 0. The SMILES string of the molecule is CO[C@@]1(NC(=O)C[S+]([O-])C(F)(F)F)C(=O)N2C(C(=O)O)=C(CSc3nnc(C)o3)CS[C@H]21. The van der Waals surface area contributed by atoms with Gasteiger partial charge in [-0.25, -0.2) is 4.79 Å². The molecule has 3 heterocycles. The Morgan fingerprint density at radius 1 is 1.50 bits per heavy atom. The molecule has 1 saturated heterocycles. The number of aryl methyl sites for hydroxylation is 1. The molecule has 1 aromatic rings. The Morgan fingerprint density at radius 2 is 2.19 bits per heavy atom. The van der Waals surface area contributed by atoms with Crippen molar-refractivity contribution in [2.75, 3.05) is 24.4 Å². The second-order valence-electron chi connectivity index (χ2n) is 6.40. The molecule has 32 heavy (non-hydrogen) atoms. The number of aliphatic carboxylic acids is 1. The second kappa shape index (κ2) is 9.12. The molecule has 0 aromatic carbocycles. The number of carbonyl (C=O) groups excluding carboxylic acids is 2. The van der Waals surface area contributed by atoms with Crippen molar-refractivity contribution in [3.8, 4) is 0 Å². The monoisotopic (exact) mass is 516 g/mol. The predicted molar refractivity (Wildman–Crippen MR) is 104 cm³/mol. The van der Waals surface area contributed by atoms with Crippen molar-refractivity contribution < 1.29 is 46.4 Å². The van der Waals surface area contributed by atoms with E-state index in [2.05, 4.69) is 10.2 Å². The molecule has 176 valence electrons. The summed E-state index contributed by atoms with van der Waals surface area (Å²) in [5, 5.41) is 18.3. The van der Waals surface area contributed by atoms with E-state index in [9.17, 15) is 37.2 Å². The Labute approximate surface area is 189 Å². The number of nitrogens with one attached hydrogen (secondary N) is 1. The lowest BCUT2D eigenvalue weighted by atomic mass is 9.98. The van der Waals surface area contributed by atoms with Crippen LogP contribution in [-0.2, 0) is 30.3 Å². The molecule has 1 aromatic heterocycles. The average Bonchev–Trinajstić information content (AvgIpc) is 3.13. The molecule has 0 radical (unpaired) electrons. The predicted octanol–water partition coefficient (Wildman–Crippen LogP) is 0.451. The van der Waals surface area contributed by atoms with E-state index >= 15 is 0 Å². The highest BCUT2D eigenvalue weighted by molar-refractivity contribution is 8.01. The van der Waals surface area contributed by atoms with Crippen LogP contribution in [0.15, 0.2) is 20.9 Å². The van der Waals surface area contributed by atoms with Gasteiger partial charge in [-0.2, -0.15) is 0 Å². The molecule has 3 rings (SSSR count). The third kappa shape index (κ3) is 4.57. The van der Waals surface area contributed by atoms with Crippen LogP contribution >= 0.6 is 23.5 Å². The van der Waals surface area contributed by atoms with Gasteiger partial charge in [0.1, 0.15) is 11.1 Å². The molecule has 0 spiro atoms. The highest BCUT2D eigenvalue weighted by Gasteiger charge is 2.67. The van der Waals surface area contributed by atoms with Crippen molar-refractivity contribution in [2.45, 2.75) is 28.8 Å². The molecule has 2 aliphatic heterocycles. The minimum Gasteiger partial charge on any atom is -0.609 e. The number of hydrogen-bond acceptors (Lipinski definition) is 10. The molecule has 0 saturated carbocycles. The van der Waals surface area contributed by atoms with Gasteiger partial charge in [-0.15, -0.1) is 35.1 Å². The van der Waals surface area contributed by atoms with Gasteiger partial charge in [-0.3, -0.25) is 14.5 Å². The van der Waals surface area contributed by atoms with Crippen LogP contribution in [0.3, 0.4) is 0 Å². The summed E-state index contributed by atoms with van der Waals surface area (Å²) in [4.78, 5) is 37.6. The van der Waals surface area contributed by atoms with Crippen LogP contribution in [0, 0.1) is 6.92 Å². The zero-order valence-corrected chi connectivity index (χ0v) is 18.7. The fraction of sp³-hybridized carbons (Fsp3) is 0.533. The molecule has 3 atom stereocenters. The van der Waals surface area contributed by atoms with Gasteiger partial charge in [-0.1, -0.05) is 11.8 Å². The molecule has 0 bridgehead atoms. The molecule has 11 nitrogen and oxygen atoms in total. The molecule has 1 fully saturated rings. The van der Waals surface area contributed by atoms with E-state index in [4.69, 9.17) is 9.15 Å². The van der Waals surface area contributed by atoms with Crippen molar-refractivity contribution in [1.29, 1.82) is 0 Å². The number of aromatic nitrogens is 2. The molecule has 1 unspecified atom stereocenters. The molecule has 2 aliphatic rings. The normalized spacial score (nSPS) is 24.1. The number of halogens is 3. The molecule has 2 N–H and O–H groups in total. The minimum atomic E-state index is -5.10. The summed E-state index contributed by atoms with van der Waals surface area (Å²) in [7, 11) is 1.05. The third-order valence-electron chi connectivity index (χ3n) is 4.36. The number of β-lactam (4-membered cyclic amide) rings is 1. The van der Waals surface area contributed by atoms with Crippen LogP contribution < -0.4 is 5.32 Å². The first-order chi connectivity index (χ1) is 14.9. The number of rotatable bonds is 8. The summed E-state index contributed by atoms with van der Waals surface area (Å²) >= 11 is -1.35. The van der Waals surface area contributed by atoms with Crippen molar-refractivity contribution in [3.05, 3.63) is 17.2 Å². The quantitative estimate of drug-likeness (QED) is 0.214. The summed E-state index contributed by atoms with van der Waals surface area (Å²) in [6.45, 7) is 1.59. The zero-order valence-electron chi connectivity index (χ0n) is 16.3. The average molecular weight is 517 g/mol. The number of methoxy groups -OCH3 is 1. The van der Waals surface area contributed by atoms with E-state index in [1.807, 2.05) is 5.32 Å². The van der Waals surface area contributed by atoms with Gasteiger partial charge in [0.25, 0.3) is 22.8 Å². The Kier molecular flexibility index (Phi) is 7.04. The van der Waals surface area contributed by atoms with Crippen molar-refractivity contribution >= 4 is 52.5 Å². The topological polar surface area (TPSA) is 158 Å². The Bertz CT molecular complexity index is 972. The van der Waals surface area contributed by atoms with E-state index in [1.165, 1.54) is 0 Å². The number of carbonyl (C=O) groups is 3. The van der Waals surface area contributed by atoms with Gasteiger partial charge in [-0.05, 0) is 5.57 Å². The molecular weight excluding hydrogens is 501 g/mol. The minimum absolute atomic E-state index is 0.115. The molecular formula is C15H15F3N4O7S3. The van der Waals surface area contributed by atoms with Gasteiger partial charge in [0.15, 0.2) is 5.75 Å². The van der Waals surface area contributed by atoms with E-state index in [-0.39, 0.29) is 22.4 Å². The van der Waals surface area contributed by atoms with Crippen LogP contribution in [0.5, 0.6) is 0 Å². The van der Waals surface area contributed by atoms with Crippen LogP contribution in [-0.4, -0.2) is 83.5 Å². The van der Waals surface area contributed by atoms with Gasteiger partial charge >= 0.3 is 11.5 Å². The van der Waals surface area contributed by atoms with Gasteiger partial charge in [0.05, 0.1) is 11.2 Å². The van der Waals surface area contributed by atoms with Crippen LogP contribution in [0.25, 0.3) is 0 Å². The van der Waals surface area contributed by atoms with Gasteiger partial charge in [0, 0.05) is 25.5 Å². The summed E-state index contributed by atoms with van der Waals surface area (Å²) in [5.74, 6) is -4.58. The Balaban J connectivity index is 1.78. The van der Waals surface area contributed by atoms with E-state index < -0.39 is 51.3 Å². The van der Waals surface area contributed by atoms with Gasteiger partial charge in [0.2, 0.25) is 5.89 Å². The molecule has 2 amide bonds. The Morgan fingerprint density at radius 3 is 2.72 bits per heavy atom. The number of carboxylic acid groups (broad SMARTS) is 1. The number of thioether (sulfide) groups is 2. The van der Waals surface area contributed by atoms with E-state index in [0.717, 1.165) is 35.5 Å². The maximum absolute atomic E-state index is 12.8. The fourth-order valence-electron chi connectivity index (χ4n) is 2.98. The standard InChI is InChI=1S/C15H15F3N4O7S3/c1-6-20-21-13(29-6)31-4-7-3-30-12-14(28-2,11(26)22(12)9(7)10(24)25)19-8(23)5-32(27)15(16,17)18/h12H,3-5H2,1-2H3,(H,19,23)(H,24,25)/t12-,14-,32?/m0/s1. The second-order valence-corrected chi connectivity index (χ2v) is 9.83. The van der Waals surface area contributed by atoms with Gasteiger partial charge < -0.3 is 24.1 Å². The van der Waals surface area contributed by atoms with E-state index in [1.54, 1.807) is 6.92 Å². The number of amides is 2. The lowest BCUT2D eigenvalue weighted by Crippen LogP contribution is -2.81. The first-order valence-electron chi connectivity index (χ1n) is 8.55. The third-order valence-corrected chi connectivity index (χ3v) is 7.68. The number of nitrogens with zero attached hydrogens (tertiary/aromatic N) is 3. The van der Waals surface area contributed by atoms with Crippen molar-refractivity contribution in [3.63, 3.8) is 0 Å². The van der Waals surface area contributed by atoms with Crippen LogP contribution in [0.2, 0.25) is 0 Å². The number of fused-ring (bicyclic) bond motifs is 1. The smallest absolute Gasteiger partial charge is 0.573 e. The maximum Gasteiger partial charge on any atom is 0.573 e. The first-order valence-corrected chi connectivity index (χ1v) is 11.9. The maximum atomic E-state index is 12.8. The number of ether oxygens (including phenoxy) is 1. The fourth-order valence-corrected chi connectivity index (χ4v) is 5.84. The van der Waals surface area contributed by atoms with E-state index in [0.29, 0.717) is 11.5 Å². The summed E-state index contributed by atoms with van der Waals surface area (Å²) < 4.78 is 58.9. The van der Waals surface area contributed by atoms with Crippen LogP contribution in [0.4, 0.5) is 13.2 Å². The molecule has 17 heteroatoms.